The van der Waals surface area contributed by atoms with Crippen molar-refractivity contribution in [3.05, 3.63) is 35.6 Å². The maximum Gasteiger partial charge on any atom is 0.232 e. The van der Waals surface area contributed by atoms with Gasteiger partial charge in [0, 0.05) is 13.1 Å². The molecular weight excluding hydrogens is 273 g/mol. The highest BCUT2D eigenvalue weighted by molar-refractivity contribution is 7.99. The van der Waals surface area contributed by atoms with Crippen LogP contribution in [0.1, 0.15) is 24.8 Å². The summed E-state index contributed by atoms with van der Waals surface area (Å²) in [5.74, 6) is 1.23. The fraction of sp³-hybridized carbons (Fsp3) is 0.562. The average molecular weight is 295 g/mol. The molecule has 2 rings (SSSR count). The van der Waals surface area contributed by atoms with E-state index in [0.29, 0.717) is 11.7 Å². The van der Waals surface area contributed by atoms with Crippen molar-refractivity contribution >= 4 is 17.7 Å². The molecule has 20 heavy (non-hydrogen) atoms. The Hall–Kier alpha value is -1.03. The molecule has 0 radical (unpaired) electrons. The molecule has 0 bridgehead atoms. The van der Waals surface area contributed by atoms with E-state index < -0.39 is 0 Å². The average Bonchev–Trinajstić information content (AvgIpc) is 2.46. The lowest BCUT2D eigenvalue weighted by Gasteiger charge is -2.32. The number of halogens is 1. The lowest BCUT2D eigenvalue weighted by molar-refractivity contribution is -0.130. The number of amides is 1. The molecule has 1 amide bonds. The van der Waals surface area contributed by atoms with Crippen molar-refractivity contribution in [3.8, 4) is 0 Å². The summed E-state index contributed by atoms with van der Waals surface area (Å²) in [7, 11) is 0. The predicted molar refractivity (Wildman–Crippen MR) is 82.4 cm³/mol. The van der Waals surface area contributed by atoms with Crippen molar-refractivity contribution in [3.63, 3.8) is 0 Å². The Morgan fingerprint density at radius 2 is 2.35 bits per heavy atom. The van der Waals surface area contributed by atoms with E-state index in [1.807, 2.05) is 17.2 Å². The van der Waals surface area contributed by atoms with Gasteiger partial charge in [-0.3, -0.25) is 4.79 Å². The van der Waals surface area contributed by atoms with Crippen LogP contribution in [0.5, 0.6) is 0 Å². The van der Waals surface area contributed by atoms with Gasteiger partial charge in [0.05, 0.1) is 5.75 Å². The molecular formula is C16H22FNOS. The van der Waals surface area contributed by atoms with Gasteiger partial charge in [-0.25, -0.2) is 4.39 Å². The minimum absolute atomic E-state index is 0.164. The lowest BCUT2D eigenvalue weighted by Crippen LogP contribution is -2.40. The first-order valence-corrected chi connectivity index (χ1v) is 8.59. The van der Waals surface area contributed by atoms with Gasteiger partial charge in [-0.15, -0.1) is 0 Å². The molecule has 1 aliphatic heterocycles. The maximum absolute atomic E-state index is 13.1. The van der Waals surface area contributed by atoms with Crippen LogP contribution in [0.3, 0.4) is 0 Å². The normalized spacial score (nSPS) is 19.1. The summed E-state index contributed by atoms with van der Waals surface area (Å²) in [6.07, 6.45) is 6.16. The van der Waals surface area contributed by atoms with Gasteiger partial charge < -0.3 is 4.90 Å². The van der Waals surface area contributed by atoms with E-state index in [4.69, 9.17) is 0 Å². The zero-order chi connectivity index (χ0) is 14.4. The molecule has 4 heteroatoms. The number of aryl methyl sites for hydroxylation is 1. The Morgan fingerprint density at radius 3 is 3.10 bits per heavy atom. The van der Waals surface area contributed by atoms with Crippen LogP contribution < -0.4 is 0 Å². The highest BCUT2D eigenvalue weighted by atomic mass is 32.2. The van der Waals surface area contributed by atoms with E-state index in [1.54, 1.807) is 23.9 Å². The molecule has 1 heterocycles. The fourth-order valence-electron chi connectivity index (χ4n) is 2.81. The van der Waals surface area contributed by atoms with E-state index in [2.05, 4.69) is 0 Å². The number of carbonyl (C=O) groups is 1. The molecule has 1 aliphatic rings. The van der Waals surface area contributed by atoms with E-state index >= 15 is 0 Å². The van der Waals surface area contributed by atoms with Gasteiger partial charge in [0.2, 0.25) is 5.91 Å². The van der Waals surface area contributed by atoms with E-state index in [1.165, 1.54) is 12.5 Å². The Bertz CT molecular complexity index is 452. The van der Waals surface area contributed by atoms with Crippen molar-refractivity contribution in [2.24, 2.45) is 5.92 Å². The molecule has 110 valence electrons. The molecule has 0 aliphatic carbocycles. The van der Waals surface area contributed by atoms with Crippen molar-refractivity contribution < 1.29 is 9.18 Å². The minimum atomic E-state index is -0.164. The number of piperidine rings is 1. The molecule has 1 saturated heterocycles. The van der Waals surface area contributed by atoms with Gasteiger partial charge in [-0.05, 0) is 55.6 Å². The molecule has 0 spiro atoms. The summed E-state index contributed by atoms with van der Waals surface area (Å²) in [6.45, 7) is 1.77. The SMILES string of the molecule is CSCC(=O)N1CCCC(CCc2cccc(F)c2)C1. The highest BCUT2D eigenvalue weighted by Crippen LogP contribution is 2.22. The number of hydrogen-bond donors (Lipinski definition) is 0. The third-order valence-corrected chi connectivity index (χ3v) is 4.41. The van der Waals surface area contributed by atoms with Crippen molar-refractivity contribution in [1.29, 1.82) is 0 Å². The van der Waals surface area contributed by atoms with Crippen LogP contribution in [0.25, 0.3) is 0 Å². The summed E-state index contributed by atoms with van der Waals surface area (Å²) in [6, 6.07) is 6.83. The Balaban J connectivity index is 1.82. The molecule has 1 aromatic rings. The zero-order valence-corrected chi connectivity index (χ0v) is 12.8. The number of rotatable bonds is 5. The van der Waals surface area contributed by atoms with Crippen LogP contribution in [0.4, 0.5) is 4.39 Å². The molecule has 0 N–H and O–H groups in total. The number of carbonyl (C=O) groups excluding carboxylic acids is 1. The van der Waals surface area contributed by atoms with Crippen LogP contribution in [-0.2, 0) is 11.2 Å². The highest BCUT2D eigenvalue weighted by Gasteiger charge is 2.22. The van der Waals surface area contributed by atoms with Gasteiger partial charge in [0.25, 0.3) is 0 Å². The van der Waals surface area contributed by atoms with E-state index in [9.17, 15) is 9.18 Å². The first kappa shape index (κ1) is 15.4. The van der Waals surface area contributed by atoms with Crippen LogP contribution in [-0.4, -0.2) is 35.9 Å². The number of thioether (sulfide) groups is 1. The Morgan fingerprint density at radius 1 is 1.50 bits per heavy atom. The number of benzene rings is 1. The molecule has 1 fully saturated rings. The molecule has 0 aromatic heterocycles. The molecule has 1 unspecified atom stereocenters. The third-order valence-electron chi connectivity index (χ3n) is 3.87. The number of nitrogens with zero attached hydrogens (tertiary/aromatic N) is 1. The summed E-state index contributed by atoms with van der Waals surface area (Å²) in [5.41, 5.74) is 1.05. The first-order chi connectivity index (χ1) is 9.69. The summed E-state index contributed by atoms with van der Waals surface area (Å²) in [5, 5.41) is 0. The fourth-order valence-corrected chi connectivity index (χ4v) is 3.23. The van der Waals surface area contributed by atoms with Gasteiger partial charge in [0.15, 0.2) is 0 Å². The van der Waals surface area contributed by atoms with Gasteiger partial charge in [-0.2, -0.15) is 11.8 Å². The quantitative estimate of drug-likeness (QED) is 0.830. The minimum Gasteiger partial charge on any atom is -0.342 e. The van der Waals surface area contributed by atoms with Gasteiger partial charge >= 0.3 is 0 Å². The standard InChI is InChI=1S/C16H22FNOS/c1-20-12-16(19)18-9-3-5-14(11-18)8-7-13-4-2-6-15(17)10-13/h2,4,6,10,14H,3,5,7-9,11-12H2,1H3. The smallest absolute Gasteiger partial charge is 0.232 e. The van der Waals surface area contributed by atoms with E-state index in [-0.39, 0.29) is 11.7 Å². The Labute approximate surface area is 124 Å². The topological polar surface area (TPSA) is 20.3 Å². The first-order valence-electron chi connectivity index (χ1n) is 7.20. The molecule has 2 nitrogen and oxygen atoms in total. The van der Waals surface area contributed by atoms with E-state index in [0.717, 1.165) is 37.9 Å². The van der Waals surface area contributed by atoms with Gasteiger partial charge in [-0.1, -0.05) is 12.1 Å². The summed E-state index contributed by atoms with van der Waals surface area (Å²) < 4.78 is 13.1. The largest absolute Gasteiger partial charge is 0.342 e. The number of likely N-dealkylation sites (tertiary alicyclic amines) is 1. The maximum atomic E-state index is 13.1. The van der Waals surface area contributed by atoms with Crippen molar-refractivity contribution in [2.45, 2.75) is 25.7 Å². The lowest BCUT2D eigenvalue weighted by atomic mass is 9.91. The van der Waals surface area contributed by atoms with Gasteiger partial charge in [0.1, 0.15) is 5.82 Å². The van der Waals surface area contributed by atoms with Crippen molar-refractivity contribution in [1.82, 2.24) is 4.90 Å². The van der Waals surface area contributed by atoms with Crippen LogP contribution in [0.2, 0.25) is 0 Å². The van der Waals surface area contributed by atoms with Crippen molar-refractivity contribution in [2.75, 3.05) is 25.1 Å². The van der Waals surface area contributed by atoms with Crippen LogP contribution in [0.15, 0.2) is 24.3 Å². The van der Waals surface area contributed by atoms with Crippen LogP contribution in [0, 0.1) is 11.7 Å². The Kier molecular flexibility index (Phi) is 5.89. The number of hydrogen-bond acceptors (Lipinski definition) is 2. The third kappa shape index (κ3) is 4.51. The molecule has 1 atom stereocenters. The monoisotopic (exact) mass is 295 g/mol. The zero-order valence-electron chi connectivity index (χ0n) is 12.0. The van der Waals surface area contributed by atoms with Crippen LogP contribution >= 0.6 is 11.8 Å². The second kappa shape index (κ2) is 7.67. The summed E-state index contributed by atoms with van der Waals surface area (Å²) in [4.78, 5) is 13.9. The molecule has 0 saturated carbocycles. The second-order valence-electron chi connectivity index (χ2n) is 5.45. The molecule has 1 aromatic carbocycles. The summed E-state index contributed by atoms with van der Waals surface area (Å²) >= 11 is 1.58. The second-order valence-corrected chi connectivity index (χ2v) is 6.32. The predicted octanol–water partition coefficient (Wildman–Crippen LogP) is 3.36.